The van der Waals surface area contributed by atoms with E-state index in [4.69, 9.17) is 18.5 Å². The van der Waals surface area contributed by atoms with Gasteiger partial charge in [-0.15, -0.1) is 0 Å². The fourth-order valence-corrected chi connectivity index (χ4v) is 6.42. The highest BCUT2D eigenvalue weighted by molar-refractivity contribution is 7.52. The summed E-state index contributed by atoms with van der Waals surface area (Å²) < 4.78 is 53.0. The van der Waals surface area contributed by atoms with Crippen LogP contribution in [0.3, 0.4) is 0 Å². The van der Waals surface area contributed by atoms with Crippen LogP contribution in [-0.4, -0.2) is 51.0 Å². The maximum Gasteiger partial charge on any atom is 0.459 e. The van der Waals surface area contributed by atoms with E-state index in [-0.39, 0.29) is 12.2 Å². The lowest BCUT2D eigenvalue weighted by molar-refractivity contribution is -0.149. The zero-order chi connectivity index (χ0) is 30.2. The highest BCUT2D eigenvalue weighted by Gasteiger charge is 2.48. The van der Waals surface area contributed by atoms with Gasteiger partial charge < -0.3 is 19.0 Å². The molecule has 42 heavy (non-hydrogen) atoms. The number of nitrogens with one attached hydrogen (secondary N) is 3. The normalized spacial score (nSPS) is 22.8. The van der Waals surface area contributed by atoms with Crippen molar-refractivity contribution < 1.29 is 32.3 Å². The predicted octanol–water partition coefficient (Wildman–Crippen LogP) is 4.32. The second-order valence-corrected chi connectivity index (χ2v) is 12.4. The van der Waals surface area contributed by atoms with Gasteiger partial charge in [0.05, 0.1) is 24.3 Å². The first-order chi connectivity index (χ1) is 19.8. The first-order valence-corrected chi connectivity index (χ1v) is 15.0. The molecule has 5 rings (SSSR count). The van der Waals surface area contributed by atoms with Gasteiger partial charge in [-0.25, -0.2) is 13.8 Å². The number of rotatable bonds is 10. The van der Waals surface area contributed by atoms with Gasteiger partial charge in [0.2, 0.25) is 0 Å². The summed E-state index contributed by atoms with van der Waals surface area (Å²) in [6.07, 6.45) is -1.79. The van der Waals surface area contributed by atoms with Crippen LogP contribution >= 0.6 is 7.75 Å². The van der Waals surface area contributed by atoms with Crippen LogP contribution in [0.5, 0.6) is 5.75 Å². The Hall–Kier alpha value is -3.77. The van der Waals surface area contributed by atoms with Crippen molar-refractivity contribution in [2.45, 2.75) is 64.3 Å². The van der Waals surface area contributed by atoms with Crippen molar-refractivity contribution in [2.24, 2.45) is 0 Å². The third kappa shape index (κ3) is 6.34. The Balaban J connectivity index is 1.37. The van der Waals surface area contributed by atoms with Gasteiger partial charge in [0.1, 0.15) is 11.8 Å². The average molecular weight is 603 g/mol. The standard InChI is InChI=1S/C28H32FN4O8P/c1-16(2)39-25(35)17(3)32-42(37,41-18-9-10-21-20-7-5-6-8-22(20)30-23(21)13-18)38-15-19-14-28(4,29)26(40-19)33-12-11-24(34)31-27(33)36/h5-13,16-17,19,26,30H,14-15H2,1-4H3,(H,32,37)(H,31,34,36). The summed E-state index contributed by atoms with van der Waals surface area (Å²) in [6, 6.07) is 12.8. The zero-order valence-corrected chi connectivity index (χ0v) is 24.4. The second-order valence-electron chi connectivity index (χ2n) is 10.7. The third-order valence-corrected chi connectivity index (χ3v) is 8.40. The van der Waals surface area contributed by atoms with Crippen molar-refractivity contribution in [3.8, 4) is 5.75 Å². The summed E-state index contributed by atoms with van der Waals surface area (Å²) in [5.41, 5.74) is -1.85. The molecule has 5 atom stereocenters. The lowest BCUT2D eigenvalue weighted by Gasteiger charge is -2.24. The molecule has 2 aromatic carbocycles. The van der Waals surface area contributed by atoms with Crippen LogP contribution in [0.4, 0.5) is 4.39 Å². The number of halogens is 1. The van der Waals surface area contributed by atoms with Gasteiger partial charge >= 0.3 is 19.4 Å². The summed E-state index contributed by atoms with van der Waals surface area (Å²) in [6.45, 7) is 5.67. The molecule has 0 spiro atoms. The van der Waals surface area contributed by atoms with E-state index in [1.165, 1.54) is 13.8 Å². The lowest BCUT2D eigenvalue weighted by Crippen LogP contribution is -2.38. The number of aromatic nitrogens is 3. The number of esters is 1. The number of hydrogen-bond donors (Lipinski definition) is 3. The molecule has 0 bridgehead atoms. The van der Waals surface area contributed by atoms with Crippen molar-refractivity contribution in [3.05, 3.63) is 75.6 Å². The van der Waals surface area contributed by atoms with Crippen LogP contribution in [0.2, 0.25) is 0 Å². The van der Waals surface area contributed by atoms with Gasteiger partial charge in [-0.3, -0.25) is 23.7 Å². The van der Waals surface area contributed by atoms with Gasteiger partial charge in [-0.2, -0.15) is 5.09 Å². The minimum absolute atomic E-state index is 0.189. The molecule has 4 aromatic rings. The minimum Gasteiger partial charge on any atom is -0.462 e. The third-order valence-electron chi connectivity index (χ3n) is 6.76. The van der Waals surface area contributed by atoms with Gasteiger partial charge in [0.15, 0.2) is 11.9 Å². The number of aromatic amines is 2. The fraction of sp³-hybridized carbons (Fsp3) is 0.393. The van der Waals surface area contributed by atoms with Crippen LogP contribution < -0.4 is 20.9 Å². The Labute approximate surface area is 239 Å². The van der Waals surface area contributed by atoms with E-state index < -0.39 is 61.7 Å². The van der Waals surface area contributed by atoms with E-state index in [0.717, 1.165) is 38.6 Å². The van der Waals surface area contributed by atoms with E-state index >= 15 is 4.39 Å². The monoisotopic (exact) mass is 602 g/mol. The molecule has 5 unspecified atom stereocenters. The van der Waals surface area contributed by atoms with Gasteiger partial charge in [-0.05, 0) is 45.9 Å². The molecule has 14 heteroatoms. The molecule has 1 saturated heterocycles. The summed E-state index contributed by atoms with van der Waals surface area (Å²) in [4.78, 5) is 41.6. The minimum atomic E-state index is -4.29. The summed E-state index contributed by atoms with van der Waals surface area (Å²) in [5.74, 6) is -0.482. The number of nitrogens with zero attached hydrogens (tertiary/aromatic N) is 1. The van der Waals surface area contributed by atoms with E-state index in [9.17, 15) is 18.9 Å². The Morgan fingerprint density at radius 3 is 2.62 bits per heavy atom. The molecular weight excluding hydrogens is 570 g/mol. The molecule has 0 saturated carbocycles. The van der Waals surface area contributed by atoms with Crippen molar-refractivity contribution in [3.63, 3.8) is 0 Å². The van der Waals surface area contributed by atoms with Crippen LogP contribution in [0.1, 0.15) is 40.3 Å². The molecule has 1 aliphatic rings. The number of alkyl halides is 1. The molecule has 0 amide bonds. The molecule has 1 aliphatic heterocycles. The van der Waals surface area contributed by atoms with Crippen molar-refractivity contribution in [1.29, 1.82) is 0 Å². The number of carbonyl (C=O) groups excluding carboxylic acids is 1. The molecule has 224 valence electrons. The summed E-state index contributed by atoms with van der Waals surface area (Å²) in [7, 11) is -4.29. The van der Waals surface area contributed by atoms with E-state index in [0.29, 0.717) is 0 Å². The number of ether oxygens (including phenoxy) is 2. The number of fused-ring (bicyclic) bond motifs is 3. The van der Waals surface area contributed by atoms with E-state index in [2.05, 4.69) is 15.1 Å². The quantitative estimate of drug-likeness (QED) is 0.178. The van der Waals surface area contributed by atoms with Crippen molar-refractivity contribution in [2.75, 3.05) is 6.61 Å². The van der Waals surface area contributed by atoms with Crippen molar-refractivity contribution in [1.82, 2.24) is 19.6 Å². The first kappa shape index (κ1) is 29.7. The highest BCUT2D eigenvalue weighted by atomic mass is 31.2. The zero-order valence-electron chi connectivity index (χ0n) is 23.5. The molecule has 12 nitrogen and oxygen atoms in total. The highest BCUT2D eigenvalue weighted by Crippen LogP contribution is 2.48. The Kier molecular flexibility index (Phi) is 8.13. The lowest BCUT2D eigenvalue weighted by atomic mass is 10.0. The molecule has 2 aromatic heterocycles. The van der Waals surface area contributed by atoms with Gasteiger partial charge in [0.25, 0.3) is 5.56 Å². The SMILES string of the molecule is CC(C)OC(=O)C(C)NP(=O)(OCC1CC(C)(F)C(n2ccc(=O)[nH]c2=O)O1)Oc1ccc2c(c1)[nH]c1ccccc12. The maximum atomic E-state index is 15.5. The number of carbonyl (C=O) groups is 1. The number of benzene rings is 2. The van der Waals surface area contributed by atoms with E-state index in [1.54, 1.807) is 26.0 Å². The number of hydrogen-bond acceptors (Lipinski definition) is 8. The molecule has 0 aliphatic carbocycles. The molecule has 1 fully saturated rings. The van der Waals surface area contributed by atoms with Gasteiger partial charge in [-0.1, -0.05) is 18.2 Å². The summed E-state index contributed by atoms with van der Waals surface area (Å²) in [5, 5.41) is 4.54. The maximum absolute atomic E-state index is 15.5. The number of H-pyrrole nitrogens is 2. The topological polar surface area (TPSA) is 154 Å². The summed E-state index contributed by atoms with van der Waals surface area (Å²) >= 11 is 0. The largest absolute Gasteiger partial charge is 0.462 e. The molecule has 3 N–H and O–H groups in total. The number of para-hydroxylation sites is 1. The molecule has 3 heterocycles. The smallest absolute Gasteiger partial charge is 0.459 e. The fourth-order valence-electron chi connectivity index (χ4n) is 4.91. The molecular formula is C28H32FN4O8P. The van der Waals surface area contributed by atoms with Crippen LogP contribution in [-0.2, 0) is 23.4 Å². The van der Waals surface area contributed by atoms with Crippen LogP contribution in [0.25, 0.3) is 21.8 Å². The predicted molar refractivity (Wildman–Crippen MR) is 153 cm³/mol. The molecule has 0 radical (unpaired) electrons. The van der Waals surface area contributed by atoms with Gasteiger partial charge in [0, 0.05) is 41.0 Å². The Bertz CT molecular complexity index is 1780. The Morgan fingerprint density at radius 1 is 1.14 bits per heavy atom. The van der Waals surface area contributed by atoms with Crippen molar-refractivity contribution >= 4 is 35.5 Å². The second kappa shape index (κ2) is 11.5. The Morgan fingerprint density at radius 2 is 1.88 bits per heavy atom. The average Bonchev–Trinajstić information content (AvgIpc) is 3.42. The van der Waals surface area contributed by atoms with E-state index in [1.807, 2.05) is 30.3 Å². The first-order valence-electron chi connectivity index (χ1n) is 13.4. The van der Waals surface area contributed by atoms with Crippen LogP contribution in [0, 0.1) is 0 Å². The van der Waals surface area contributed by atoms with Crippen LogP contribution in [0.15, 0.2) is 64.3 Å².